The number of benzene rings is 3. The zero-order valence-electron chi connectivity index (χ0n) is 17.2. The van der Waals surface area contributed by atoms with E-state index in [-0.39, 0.29) is 10.5 Å². The van der Waals surface area contributed by atoms with Gasteiger partial charge in [0.1, 0.15) is 23.3 Å². The maximum Gasteiger partial charge on any atom is 0.244 e. The van der Waals surface area contributed by atoms with Gasteiger partial charge in [-0.25, -0.2) is 13.4 Å². The van der Waals surface area contributed by atoms with Crippen LogP contribution in [-0.4, -0.2) is 49.6 Å². The van der Waals surface area contributed by atoms with E-state index in [1.165, 1.54) is 16.4 Å². The molecular formula is C24H20N4O3S. The fourth-order valence-electron chi connectivity index (χ4n) is 3.97. The number of amidine groups is 1. The third-order valence-electron chi connectivity index (χ3n) is 5.60. The normalized spacial score (nSPS) is 16.1. The Morgan fingerprint density at radius 1 is 0.844 bits per heavy atom. The van der Waals surface area contributed by atoms with Gasteiger partial charge in [0, 0.05) is 26.2 Å². The van der Waals surface area contributed by atoms with Crippen molar-refractivity contribution >= 4 is 21.5 Å². The van der Waals surface area contributed by atoms with Gasteiger partial charge in [-0.15, -0.1) is 0 Å². The molecule has 1 fully saturated rings. The monoisotopic (exact) mass is 444 g/mol. The molecule has 0 atom stereocenters. The van der Waals surface area contributed by atoms with E-state index in [2.05, 4.69) is 4.90 Å². The van der Waals surface area contributed by atoms with Crippen LogP contribution in [-0.2, 0) is 10.0 Å². The van der Waals surface area contributed by atoms with Crippen LogP contribution in [0.2, 0.25) is 0 Å². The first kappa shape index (κ1) is 20.2. The molecule has 2 aliphatic rings. The van der Waals surface area contributed by atoms with Gasteiger partial charge < -0.3 is 9.64 Å². The summed E-state index contributed by atoms with van der Waals surface area (Å²) >= 11 is 0. The van der Waals surface area contributed by atoms with Crippen LogP contribution in [0.4, 0.5) is 5.69 Å². The second-order valence-electron chi connectivity index (χ2n) is 7.50. The molecule has 8 heteroatoms. The topological polar surface area (TPSA) is 86.0 Å². The summed E-state index contributed by atoms with van der Waals surface area (Å²) in [5.74, 6) is 2.17. The van der Waals surface area contributed by atoms with E-state index in [4.69, 9.17) is 9.73 Å². The van der Waals surface area contributed by atoms with Crippen molar-refractivity contribution in [1.82, 2.24) is 9.21 Å². The lowest BCUT2D eigenvalue weighted by Gasteiger charge is -2.36. The van der Waals surface area contributed by atoms with Crippen LogP contribution in [0.3, 0.4) is 0 Å². The van der Waals surface area contributed by atoms with Crippen molar-refractivity contribution in [3.8, 4) is 17.6 Å². The Hall–Kier alpha value is -3.67. The number of hydrogen-bond donors (Lipinski definition) is 0. The molecule has 0 N–H and O–H groups in total. The van der Waals surface area contributed by atoms with Crippen LogP contribution in [0.5, 0.6) is 11.5 Å². The third kappa shape index (κ3) is 3.51. The van der Waals surface area contributed by atoms with Crippen molar-refractivity contribution < 1.29 is 13.2 Å². The summed E-state index contributed by atoms with van der Waals surface area (Å²) in [5.41, 5.74) is 1.76. The molecule has 160 valence electrons. The van der Waals surface area contributed by atoms with Crippen LogP contribution in [0.1, 0.15) is 11.1 Å². The van der Waals surface area contributed by atoms with Crippen molar-refractivity contribution in [2.45, 2.75) is 4.90 Å². The highest BCUT2D eigenvalue weighted by Gasteiger charge is 2.32. The van der Waals surface area contributed by atoms with Crippen molar-refractivity contribution in [3.63, 3.8) is 0 Å². The van der Waals surface area contributed by atoms with E-state index < -0.39 is 10.0 Å². The molecular weight excluding hydrogens is 424 g/mol. The van der Waals surface area contributed by atoms with Gasteiger partial charge >= 0.3 is 0 Å². The molecule has 7 nitrogen and oxygen atoms in total. The van der Waals surface area contributed by atoms with E-state index in [1.807, 2.05) is 54.6 Å². The van der Waals surface area contributed by atoms with Crippen LogP contribution < -0.4 is 4.74 Å². The number of sulfonamides is 1. The van der Waals surface area contributed by atoms with Crippen LogP contribution in [0.15, 0.2) is 82.7 Å². The highest BCUT2D eigenvalue weighted by Crippen LogP contribution is 2.38. The number of aliphatic imine (C=N–C) groups is 1. The summed E-state index contributed by atoms with van der Waals surface area (Å²) in [6, 6.07) is 23.6. The molecule has 0 spiro atoms. The van der Waals surface area contributed by atoms with Gasteiger partial charge in [-0.2, -0.15) is 9.57 Å². The van der Waals surface area contributed by atoms with Crippen LogP contribution in [0.25, 0.3) is 0 Å². The van der Waals surface area contributed by atoms with Crippen molar-refractivity contribution in [2.75, 3.05) is 26.2 Å². The standard InChI is InChI=1S/C24H20N4O3S/c25-17-18-7-1-6-12-23(18)32(29,30)28-15-13-27(14-16-28)24-19-8-2-4-10-21(19)31-22-11-5-3-9-20(22)26-24/h1-12H,13-16H2. The van der Waals surface area contributed by atoms with Crippen LogP contribution >= 0.6 is 0 Å². The summed E-state index contributed by atoms with van der Waals surface area (Å²) in [6.45, 7) is 1.55. The number of fused-ring (bicyclic) bond motifs is 2. The maximum atomic E-state index is 13.2. The average Bonchev–Trinajstić information content (AvgIpc) is 3.01. The quantitative estimate of drug-likeness (QED) is 0.601. The van der Waals surface area contributed by atoms with Gasteiger partial charge in [0.15, 0.2) is 5.75 Å². The molecule has 0 aliphatic carbocycles. The Balaban J connectivity index is 1.44. The van der Waals surface area contributed by atoms with Gasteiger partial charge in [0.2, 0.25) is 10.0 Å². The highest BCUT2D eigenvalue weighted by molar-refractivity contribution is 7.89. The van der Waals surface area contributed by atoms with Gasteiger partial charge in [0.05, 0.1) is 16.0 Å². The molecule has 0 bridgehead atoms. The highest BCUT2D eigenvalue weighted by atomic mass is 32.2. The molecule has 0 aromatic heterocycles. The fraction of sp³-hybridized carbons (Fsp3) is 0.167. The Bertz CT molecular complexity index is 1350. The number of nitrogens with zero attached hydrogens (tertiary/aromatic N) is 4. The number of hydrogen-bond acceptors (Lipinski definition) is 6. The Morgan fingerprint density at radius 2 is 1.50 bits per heavy atom. The van der Waals surface area contributed by atoms with Gasteiger partial charge in [0.25, 0.3) is 0 Å². The van der Waals surface area contributed by atoms with E-state index in [1.54, 1.807) is 12.1 Å². The fourth-order valence-corrected chi connectivity index (χ4v) is 5.54. The first-order valence-corrected chi connectivity index (χ1v) is 11.7. The molecule has 3 aromatic carbocycles. The smallest absolute Gasteiger partial charge is 0.244 e. The lowest BCUT2D eigenvalue weighted by Crippen LogP contribution is -2.50. The molecule has 0 amide bonds. The molecule has 1 saturated heterocycles. The van der Waals surface area contributed by atoms with Gasteiger partial charge in [-0.1, -0.05) is 36.4 Å². The van der Waals surface area contributed by atoms with E-state index >= 15 is 0 Å². The minimum absolute atomic E-state index is 0.0513. The summed E-state index contributed by atoms with van der Waals surface area (Å²) in [7, 11) is -3.76. The average molecular weight is 445 g/mol. The lowest BCUT2D eigenvalue weighted by atomic mass is 10.1. The maximum absolute atomic E-state index is 13.2. The Kier molecular flexibility index (Phi) is 5.13. The van der Waals surface area contributed by atoms with E-state index in [0.29, 0.717) is 37.7 Å². The summed E-state index contributed by atoms with van der Waals surface area (Å²) in [5, 5.41) is 9.32. The van der Waals surface area contributed by atoms with Crippen LogP contribution in [0, 0.1) is 11.3 Å². The number of para-hydroxylation sites is 3. The molecule has 3 aromatic rings. The zero-order valence-corrected chi connectivity index (χ0v) is 18.0. The molecule has 5 rings (SSSR count). The largest absolute Gasteiger partial charge is 0.454 e. The molecule has 0 saturated carbocycles. The molecule has 2 aliphatic heterocycles. The van der Waals surface area contributed by atoms with Gasteiger partial charge in [-0.3, -0.25) is 0 Å². The van der Waals surface area contributed by atoms with Crippen molar-refractivity contribution in [3.05, 3.63) is 83.9 Å². The van der Waals surface area contributed by atoms with Crippen molar-refractivity contribution in [1.29, 1.82) is 5.26 Å². The summed E-state index contributed by atoms with van der Waals surface area (Å²) < 4.78 is 33.9. The number of nitriles is 1. The summed E-state index contributed by atoms with van der Waals surface area (Å²) in [6.07, 6.45) is 0. The van der Waals surface area contributed by atoms with Crippen molar-refractivity contribution in [2.24, 2.45) is 4.99 Å². The second-order valence-corrected chi connectivity index (χ2v) is 9.41. The first-order valence-electron chi connectivity index (χ1n) is 10.3. The number of piperazine rings is 1. The number of rotatable bonds is 2. The minimum atomic E-state index is -3.76. The first-order chi connectivity index (χ1) is 15.6. The van der Waals surface area contributed by atoms with E-state index in [9.17, 15) is 13.7 Å². The van der Waals surface area contributed by atoms with E-state index in [0.717, 1.165) is 17.1 Å². The molecule has 0 radical (unpaired) electrons. The third-order valence-corrected chi connectivity index (χ3v) is 7.56. The molecule has 2 heterocycles. The summed E-state index contributed by atoms with van der Waals surface area (Å²) in [4.78, 5) is 7.02. The molecule has 32 heavy (non-hydrogen) atoms. The Labute approximate surface area is 186 Å². The Morgan fingerprint density at radius 3 is 2.28 bits per heavy atom. The minimum Gasteiger partial charge on any atom is -0.454 e. The molecule has 0 unspecified atom stereocenters. The number of ether oxygens (including phenoxy) is 1. The second kappa shape index (κ2) is 8.11. The lowest BCUT2D eigenvalue weighted by molar-refractivity contribution is 0.266. The zero-order chi connectivity index (χ0) is 22.1. The predicted octanol–water partition coefficient (Wildman–Crippen LogP) is 3.75. The van der Waals surface area contributed by atoms with Gasteiger partial charge in [-0.05, 0) is 36.4 Å². The predicted molar refractivity (Wildman–Crippen MR) is 121 cm³/mol. The SMILES string of the molecule is N#Cc1ccccc1S(=O)(=O)N1CCN(C2=Nc3ccccc3Oc3ccccc32)CC1.